The zero-order valence-corrected chi connectivity index (χ0v) is 11.6. The van der Waals surface area contributed by atoms with Crippen LogP contribution in [0.1, 0.15) is 11.1 Å². The summed E-state index contributed by atoms with van der Waals surface area (Å²) in [6.07, 6.45) is 3.84. The molecule has 0 aromatic heterocycles. The van der Waals surface area contributed by atoms with Crippen molar-refractivity contribution in [3.8, 4) is 0 Å². The molecular weight excluding hydrogens is 265 g/mol. The second kappa shape index (κ2) is 7.36. The Hall–Kier alpha value is -2.46. The van der Waals surface area contributed by atoms with Gasteiger partial charge < -0.3 is 16.5 Å². The van der Waals surface area contributed by atoms with E-state index in [0.717, 1.165) is 28.8 Å². The highest BCUT2D eigenvalue weighted by Gasteiger charge is 2.00. The van der Waals surface area contributed by atoms with E-state index in [0.29, 0.717) is 6.54 Å². The molecule has 2 aromatic carbocycles. The summed E-state index contributed by atoms with van der Waals surface area (Å²) in [6, 6.07) is 14.0. The monoisotopic (exact) mass is 283 g/mol. The van der Waals surface area contributed by atoms with E-state index in [-0.39, 0.29) is 5.82 Å². The van der Waals surface area contributed by atoms with Crippen molar-refractivity contribution in [1.82, 2.24) is 0 Å². The Morgan fingerprint density at radius 3 is 2.62 bits per heavy atom. The lowest BCUT2D eigenvalue weighted by atomic mass is 10.0. The molecule has 0 atom stereocenters. The van der Waals surface area contributed by atoms with Gasteiger partial charge in [0.2, 0.25) is 0 Å². The van der Waals surface area contributed by atoms with Crippen molar-refractivity contribution >= 4 is 17.5 Å². The Morgan fingerprint density at radius 2 is 1.95 bits per heavy atom. The molecule has 108 valence electrons. The molecule has 0 aliphatic carbocycles. The summed E-state index contributed by atoms with van der Waals surface area (Å²) in [7, 11) is 0. The van der Waals surface area contributed by atoms with Gasteiger partial charge in [-0.15, -0.1) is 0 Å². The lowest BCUT2D eigenvalue weighted by Crippen LogP contribution is -2.03. The predicted octanol–water partition coefficient (Wildman–Crippen LogP) is 3.43. The Labute approximate surface area is 123 Å². The summed E-state index contributed by atoms with van der Waals surface area (Å²) < 4.78 is 12.8. The van der Waals surface area contributed by atoms with Gasteiger partial charge in [-0.2, -0.15) is 0 Å². The number of halogens is 1. The number of rotatable bonds is 6. The molecule has 0 fully saturated rings. The number of hydrogen-bond acceptors (Lipinski definition) is 3. The van der Waals surface area contributed by atoms with E-state index in [9.17, 15) is 4.39 Å². The van der Waals surface area contributed by atoms with Gasteiger partial charge in [-0.05, 0) is 48.4 Å². The van der Waals surface area contributed by atoms with Gasteiger partial charge in [0.1, 0.15) is 5.82 Å². The van der Waals surface area contributed by atoms with Gasteiger partial charge in [0.25, 0.3) is 0 Å². The first-order valence-corrected chi connectivity index (χ1v) is 6.75. The minimum atomic E-state index is -0.272. The van der Waals surface area contributed by atoms with Crippen LogP contribution in [0.5, 0.6) is 0 Å². The first kappa shape index (κ1) is 14.9. The molecule has 3 nitrogen and oxygen atoms in total. The van der Waals surface area contributed by atoms with Crippen LogP contribution in [0.3, 0.4) is 0 Å². The van der Waals surface area contributed by atoms with Gasteiger partial charge >= 0.3 is 0 Å². The molecule has 0 amide bonds. The highest BCUT2D eigenvalue weighted by atomic mass is 19.1. The third-order valence-corrected chi connectivity index (χ3v) is 3.09. The normalized spacial score (nSPS) is 11.2. The third kappa shape index (κ3) is 4.26. The van der Waals surface area contributed by atoms with Crippen molar-refractivity contribution in [2.24, 2.45) is 5.73 Å². The van der Waals surface area contributed by atoms with Crippen LogP contribution in [-0.4, -0.2) is 12.8 Å². The summed E-state index contributed by atoms with van der Waals surface area (Å²) >= 11 is 0. The number of anilines is 1. The SMILES string of the molecule is N=C/C(=C\Nc1ccc(F)cc1)c1cccc(CCN)c1. The Kier molecular flexibility index (Phi) is 5.23. The van der Waals surface area contributed by atoms with E-state index in [1.807, 2.05) is 24.3 Å². The second-order valence-electron chi connectivity index (χ2n) is 4.63. The van der Waals surface area contributed by atoms with Crippen LogP contribution in [0.25, 0.3) is 5.57 Å². The fraction of sp³-hybridized carbons (Fsp3) is 0.118. The minimum Gasteiger partial charge on any atom is -0.361 e. The average molecular weight is 283 g/mol. The Morgan fingerprint density at radius 1 is 1.19 bits per heavy atom. The molecule has 0 spiro atoms. The van der Waals surface area contributed by atoms with Crippen molar-refractivity contribution in [3.05, 3.63) is 71.7 Å². The fourth-order valence-corrected chi connectivity index (χ4v) is 1.99. The molecular formula is C17H18FN3. The maximum absolute atomic E-state index is 12.8. The average Bonchev–Trinajstić information content (AvgIpc) is 2.50. The van der Waals surface area contributed by atoms with Crippen molar-refractivity contribution in [2.75, 3.05) is 11.9 Å². The smallest absolute Gasteiger partial charge is 0.123 e. The molecule has 0 aliphatic heterocycles. The standard InChI is InChI=1S/C17H18FN3/c18-16-4-6-17(7-5-16)21-12-15(11-20)14-3-1-2-13(10-14)8-9-19/h1-7,10-12,20-21H,8-9,19H2/b15-12+,20-11?. The van der Waals surface area contributed by atoms with E-state index in [1.165, 1.54) is 18.3 Å². The van der Waals surface area contributed by atoms with Crippen LogP contribution in [-0.2, 0) is 6.42 Å². The molecule has 4 heteroatoms. The van der Waals surface area contributed by atoms with Crippen molar-refractivity contribution < 1.29 is 4.39 Å². The molecule has 0 saturated heterocycles. The zero-order valence-electron chi connectivity index (χ0n) is 11.6. The van der Waals surface area contributed by atoms with Gasteiger partial charge in [-0.3, -0.25) is 0 Å². The van der Waals surface area contributed by atoms with Crippen molar-refractivity contribution in [3.63, 3.8) is 0 Å². The summed E-state index contributed by atoms with van der Waals surface area (Å²) in [5, 5.41) is 10.6. The summed E-state index contributed by atoms with van der Waals surface area (Å²) in [6.45, 7) is 0.598. The molecule has 0 aliphatic rings. The molecule has 0 saturated carbocycles. The molecule has 0 heterocycles. The number of hydrogen-bond donors (Lipinski definition) is 3. The van der Waals surface area contributed by atoms with E-state index >= 15 is 0 Å². The Balaban J connectivity index is 2.18. The summed E-state index contributed by atoms with van der Waals surface area (Å²) in [5.41, 5.74) is 9.18. The van der Waals surface area contributed by atoms with Gasteiger partial charge in [0.15, 0.2) is 0 Å². The van der Waals surface area contributed by atoms with Crippen LogP contribution in [0.2, 0.25) is 0 Å². The van der Waals surface area contributed by atoms with Crippen LogP contribution < -0.4 is 11.1 Å². The molecule has 0 bridgehead atoms. The number of nitrogens with one attached hydrogen (secondary N) is 2. The lowest BCUT2D eigenvalue weighted by Gasteiger charge is -2.07. The predicted molar refractivity (Wildman–Crippen MR) is 86.0 cm³/mol. The highest BCUT2D eigenvalue weighted by molar-refractivity contribution is 6.08. The second-order valence-corrected chi connectivity index (χ2v) is 4.63. The van der Waals surface area contributed by atoms with Gasteiger partial charge in [-0.25, -0.2) is 4.39 Å². The fourth-order valence-electron chi connectivity index (χ4n) is 1.99. The van der Waals surface area contributed by atoms with Crippen LogP contribution >= 0.6 is 0 Å². The highest BCUT2D eigenvalue weighted by Crippen LogP contribution is 2.16. The molecule has 0 unspecified atom stereocenters. The quantitative estimate of drug-likeness (QED) is 0.711. The minimum absolute atomic E-state index is 0.272. The number of benzene rings is 2. The van der Waals surface area contributed by atoms with Crippen LogP contribution in [0, 0.1) is 11.2 Å². The van der Waals surface area contributed by atoms with E-state index in [2.05, 4.69) is 5.32 Å². The number of nitrogens with two attached hydrogens (primary N) is 1. The van der Waals surface area contributed by atoms with E-state index in [1.54, 1.807) is 18.3 Å². The topological polar surface area (TPSA) is 61.9 Å². The summed E-state index contributed by atoms with van der Waals surface area (Å²) in [4.78, 5) is 0. The zero-order chi connectivity index (χ0) is 15.1. The number of allylic oxidation sites excluding steroid dienone is 1. The third-order valence-electron chi connectivity index (χ3n) is 3.09. The molecule has 21 heavy (non-hydrogen) atoms. The molecule has 2 rings (SSSR count). The maximum Gasteiger partial charge on any atom is 0.123 e. The maximum atomic E-state index is 12.8. The van der Waals surface area contributed by atoms with Crippen LogP contribution in [0.4, 0.5) is 10.1 Å². The van der Waals surface area contributed by atoms with Crippen LogP contribution in [0.15, 0.2) is 54.7 Å². The van der Waals surface area contributed by atoms with E-state index < -0.39 is 0 Å². The van der Waals surface area contributed by atoms with Gasteiger partial charge in [0.05, 0.1) is 0 Å². The summed E-state index contributed by atoms with van der Waals surface area (Å²) in [5.74, 6) is -0.272. The van der Waals surface area contributed by atoms with Crippen molar-refractivity contribution in [2.45, 2.75) is 6.42 Å². The molecule has 0 radical (unpaired) electrons. The lowest BCUT2D eigenvalue weighted by molar-refractivity contribution is 0.628. The molecule has 4 N–H and O–H groups in total. The molecule has 2 aromatic rings. The van der Waals surface area contributed by atoms with Crippen molar-refractivity contribution in [1.29, 1.82) is 5.41 Å². The van der Waals surface area contributed by atoms with Gasteiger partial charge in [0, 0.05) is 23.7 Å². The first-order valence-electron chi connectivity index (χ1n) is 6.75. The first-order chi connectivity index (χ1) is 10.2. The largest absolute Gasteiger partial charge is 0.361 e. The van der Waals surface area contributed by atoms with Gasteiger partial charge in [-0.1, -0.05) is 24.3 Å². The Bertz CT molecular complexity index is 633. The van der Waals surface area contributed by atoms with E-state index in [4.69, 9.17) is 11.1 Å².